The highest BCUT2D eigenvalue weighted by Crippen LogP contribution is 2.22. The quantitative estimate of drug-likeness (QED) is 0.575. The van der Waals surface area contributed by atoms with Crippen molar-refractivity contribution in [2.24, 2.45) is 0 Å². The molecule has 0 unspecified atom stereocenters. The van der Waals surface area contributed by atoms with Gasteiger partial charge in [0.2, 0.25) is 0 Å². The average molecular weight is 128 g/mol. The van der Waals surface area contributed by atoms with Crippen LogP contribution in [-0.4, -0.2) is 38.1 Å². The maximum absolute atomic E-state index is 3.26. The molecule has 0 aromatic heterocycles. The summed E-state index contributed by atoms with van der Waals surface area (Å²) >= 11 is 0. The van der Waals surface area contributed by atoms with Gasteiger partial charge in [0, 0.05) is 12.1 Å². The minimum atomic E-state index is 0.789. The van der Waals surface area contributed by atoms with Gasteiger partial charge in [-0.25, -0.2) is 0 Å². The van der Waals surface area contributed by atoms with Crippen LogP contribution < -0.4 is 5.32 Å². The van der Waals surface area contributed by atoms with Crippen molar-refractivity contribution in [3.05, 3.63) is 0 Å². The van der Waals surface area contributed by atoms with Crippen LogP contribution in [0, 0.1) is 0 Å². The molecule has 2 nitrogen and oxygen atoms in total. The Bertz CT molecular complexity index is 84.9. The Morgan fingerprint density at radius 2 is 1.89 bits per heavy atom. The highest BCUT2D eigenvalue weighted by Gasteiger charge is 2.28. The molecule has 0 amide bonds. The maximum Gasteiger partial charge on any atom is 0.0119 e. The van der Waals surface area contributed by atoms with Crippen LogP contribution in [0.5, 0.6) is 0 Å². The molecule has 1 aliphatic carbocycles. The molecule has 0 aromatic rings. The van der Waals surface area contributed by atoms with E-state index in [0.29, 0.717) is 0 Å². The highest BCUT2D eigenvalue weighted by molar-refractivity contribution is 4.88. The molecule has 9 heavy (non-hydrogen) atoms. The van der Waals surface area contributed by atoms with Gasteiger partial charge in [-0.1, -0.05) is 0 Å². The van der Waals surface area contributed by atoms with Gasteiger partial charge in [-0.15, -0.1) is 0 Å². The maximum atomic E-state index is 3.26. The van der Waals surface area contributed by atoms with Crippen molar-refractivity contribution in [1.82, 2.24) is 10.2 Å². The lowest BCUT2D eigenvalue weighted by Crippen LogP contribution is -2.49. The lowest BCUT2D eigenvalue weighted by molar-refractivity contribution is 0.151. The molecule has 0 radical (unpaired) electrons. The van der Waals surface area contributed by atoms with Crippen LogP contribution >= 0.6 is 0 Å². The molecule has 0 spiro atoms. The molecule has 0 aromatic carbocycles. The average Bonchev–Trinajstić information content (AvgIpc) is 1.61. The summed E-state index contributed by atoms with van der Waals surface area (Å²) < 4.78 is 0. The fourth-order valence-electron chi connectivity index (χ4n) is 1.25. The van der Waals surface area contributed by atoms with Crippen molar-refractivity contribution in [2.45, 2.75) is 24.9 Å². The topological polar surface area (TPSA) is 15.3 Å². The Kier molecular flexibility index (Phi) is 2.09. The summed E-state index contributed by atoms with van der Waals surface area (Å²) in [5.41, 5.74) is 0. The summed E-state index contributed by atoms with van der Waals surface area (Å²) in [5.74, 6) is 0. The van der Waals surface area contributed by atoms with Gasteiger partial charge in [0.15, 0.2) is 0 Å². The van der Waals surface area contributed by atoms with Crippen molar-refractivity contribution in [1.29, 1.82) is 0 Å². The summed E-state index contributed by atoms with van der Waals surface area (Å²) in [7, 11) is 6.34. The van der Waals surface area contributed by atoms with E-state index in [1.807, 2.05) is 7.05 Å². The fourth-order valence-corrected chi connectivity index (χ4v) is 1.25. The number of hydrogen-bond donors (Lipinski definition) is 1. The molecule has 54 valence electrons. The second-order valence-corrected chi connectivity index (χ2v) is 3.07. The number of nitrogens with one attached hydrogen (secondary N) is 1. The van der Waals surface area contributed by atoms with Crippen molar-refractivity contribution in [3.8, 4) is 0 Å². The molecular weight excluding hydrogens is 112 g/mol. The van der Waals surface area contributed by atoms with E-state index in [-0.39, 0.29) is 0 Å². The van der Waals surface area contributed by atoms with Gasteiger partial charge in [-0.3, -0.25) is 0 Å². The normalized spacial score (nSPS) is 34.7. The molecule has 1 saturated carbocycles. The van der Waals surface area contributed by atoms with E-state index >= 15 is 0 Å². The minimum Gasteiger partial charge on any atom is -0.317 e. The Balaban J connectivity index is 2.12. The third-order valence-electron chi connectivity index (χ3n) is 2.25. The van der Waals surface area contributed by atoms with E-state index in [4.69, 9.17) is 0 Å². The molecule has 1 fully saturated rings. The second-order valence-electron chi connectivity index (χ2n) is 3.07. The minimum absolute atomic E-state index is 0.789. The van der Waals surface area contributed by atoms with Crippen molar-refractivity contribution in [2.75, 3.05) is 21.1 Å². The van der Waals surface area contributed by atoms with E-state index in [9.17, 15) is 0 Å². The zero-order valence-electron chi connectivity index (χ0n) is 6.52. The van der Waals surface area contributed by atoms with Crippen LogP contribution in [0.3, 0.4) is 0 Å². The zero-order chi connectivity index (χ0) is 6.85. The molecule has 0 aliphatic heterocycles. The highest BCUT2D eigenvalue weighted by atomic mass is 15.1. The molecule has 2 heteroatoms. The Hall–Kier alpha value is -0.0800. The zero-order valence-corrected chi connectivity index (χ0v) is 6.52. The van der Waals surface area contributed by atoms with Crippen molar-refractivity contribution < 1.29 is 0 Å². The summed E-state index contributed by atoms with van der Waals surface area (Å²) in [6, 6.07) is 1.62. The Morgan fingerprint density at radius 3 is 2.22 bits per heavy atom. The van der Waals surface area contributed by atoms with E-state index in [1.165, 1.54) is 12.8 Å². The Morgan fingerprint density at radius 1 is 1.33 bits per heavy atom. The molecule has 0 bridgehead atoms. The van der Waals surface area contributed by atoms with Crippen LogP contribution in [0.2, 0.25) is 0 Å². The molecule has 0 saturated heterocycles. The van der Waals surface area contributed by atoms with Gasteiger partial charge in [-0.05, 0) is 34.0 Å². The van der Waals surface area contributed by atoms with Gasteiger partial charge in [0.05, 0.1) is 0 Å². The first-order valence-corrected chi connectivity index (χ1v) is 3.57. The van der Waals surface area contributed by atoms with E-state index in [1.54, 1.807) is 0 Å². The predicted octanol–water partition coefficient (Wildman–Crippen LogP) is 0.298. The standard InChI is InChI=1S/C7H16N2/c1-8-6-4-7(5-6)9(2)3/h6-8H,4-5H2,1-3H3/t6-,7-. The van der Waals surface area contributed by atoms with Gasteiger partial charge < -0.3 is 10.2 Å². The molecular formula is C7H16N2. The third kappa shape index (κ3) is 1.43. The summed E-state index contributed by atoms with van der Waals surface area (Å²) in [6.07, 6.45) is 2.65. The largest absolute Gasteiger partial charge is 0.317 e. The molecule has 0 heterocycles. The van der Waals surface area contributed by atoms with Crippen molar-refractivity contribution in [3.63, 3.8) is 0 Å². The SMILES string of the molecule is CN[C@H]1C[C@H](N(C)C)C1. The second kappa shape index (κ2) is 2.67. The van der Waals surface area contributed by atoms with Crippen molar-refractivity contribution >= 4 is 0 Å². The lowest BCUT2D eigenvalue weighted by atomic mass is 9.86. The molecule has 0 atom stereocenters. The summed E-state index contributed by atoms with van der Waals surface area (Å²) in [5, 5.41) is 3.26. The molecule has 1 rings (SSSR count). The van der Waals surface area contributed by atoms with E-state index < -0.39 is 0 Å². The third-order valence-corrected chi connectivity index (χ3v) is 2.25. The van der Waals surface area contributed by atoms with Gasteiger partial charge in [0.1, 0.15) is 0 Å². The summed E-state index contributed by atoms with van der Waals surface area (Å²) in [4.78, 5) is 2.30. The lowest BCUT2D eigenvalue weighted by Gasteiger charge is -2.39. The smallest absolute Gasteiger partial charge is 0.0119 e. The van der Waals surface area contributed by atoms with Crippen LogP contribution in [0.15, 0.2) is 0 Å². The first-order valence-electron chi connectivity index (χ1n) is 3.57. The predicted molar refractivity (Wildman–Crippen MR) is 39.6 cm³/mol. The van der Waals surface area contributed by atoms with Gasteiger partial charge in [-0.2, -0.15) is 0 Å². The monoisotopic (exact) mass is 128 g/mol. The summed E-state index contributed by atoms with van der Waals surface area (Å²) in [6.45, 7) is 0. The van der Waals surface area contributed by atoms with E-state index in [0.717, 1.165) is 12.1 Å². The first-order chi connectivity index (χ1) is 4.24. The Labute approximate surface area is 57.2 Å². The van der Waals surface area contributed by atoms with Gasteiger partial charge >= 0.3 is 0 Å². The fraction of sp³-hybridized carbons (Fsp3) is 1.00. The first kappa shape index (κ1) is 7.03. The number of nitrogens with zero attached hydrogens (tertiary/aromatic N) is 1. The molecule has 1 aliphatic rings. The number of hydrogen-bond acceptors (Lipinski definition) is 2. The number of rotatable bonds is 2. The van der Waals surface area contributed by atoms with Crippen LogP contribution in [0.1, 0.15) is 12.8 Å². The van der Waals surface area contributed by atoms with Gasteiger partial charge in [0.25, 0.3) is 0 Å². The van der Waals surface area contributed by atoms with Crippen LogP contribution in [0.4, 0.5) is 0 Å². The molecule has 1 N–H and O–H groups in total. The van der Waals surface area contributed by atoms with E-state index in [2.05, 4.69) is 24.3 Å². The van der Waals surface area contributed by atoms with Crippen LogP contribution in [-0.2, 0) is 0 Å². The van der Waals surface area contributed by atoms with Crippen LogP contribution in [0.25, 0.3) is 0 Å².